The molecule has 0 amide bonds. The molecule has 1 saturated heterocycles. The van der Waals surface area contributed by atoms with Gasteiger partial charge in [0.15, 0.2) is 0 Å². The lowest BCUT2D eigenvalue weighted by Crippen LogP contribution is -3.27. The van der Waals surface area contributed by atoms with Crippen LogP contribution in [0, 0.1) is 0 Å². The molecule has 4 nitrogen and oxygen atoms in total. The first kappa shape index (κ1) is 16.1. The summed E-state index contributed by atoms with van der Waals surface area (Å²) < 4.78 is 11.4. The summed E-state index contributed by atoms with van der Waals surface area (Å²) >= 11 is 0. The van der Waals surface area contributed by atoms with Crippen LogP contribution in [0.5, 0.6) is 11.5 Å². The fourth-order valence-corrected chi connectivity index (χ4v) is 2.64. The van der Waals surface area contributed by atoms with Crippen molar-refractivity contribution in [3.8, 4) is 11.5 Å². The molecule has 0 aromatic heterocycles. The number of ether oxygens (including phenoxy) is 2. The van der Waals surface area contributed by atoms with Crippen molar-refractivity contribution in [2.24, 2.45) is 0 Å². The number of nitrogens with one attached hydrogen (secondary N) is 2. The van der Waals surface area contributed by atoms with Gasteiger partial charge in [0.05, 0.1) is 26.8 Å². The lowest BCUT2D eigenvalue weighted by molar-refractivity contribution is -1.00. The van der Waals surface area contributed by atoms with Crippen molar-refractivity contribution in [2.75, 3.05) is 53.0 Å². The smallest absolute Gasteiger partial charge is 0.127 e. The molecule has 1 aliphatic rings. The molecule has 0 saturated carbocycles. The molecule has 0 atom stereocenters. The Labute approximate surface area is 128 Å². The van der Waals surface area contributed by atoms with Crippen LogP contribution >= 0.6 is 0 Å². The maximum Gasteiger partial charge on any atom is 0.127 e. The van der Waals surface area contributed by atoms with E-state index < -0.39 is 0 Å². The first-order valence-corrected chi connectivity index (χ1v) is 8.28. The number of hydrogen-bond donors (Lipinski definition) is 2. The Bertz CT molecular complexity index is 386. The number of piperazine rings is 1. The van der Waals surface area contributed by atoms with Gasteiger partial charge in [-0.1, -0.05) is 6.92 Å². The number of likely N-dealkylation sites (N-methyl/N-ethyl adjacent to an activating group) is 1. The molecule has 21 heavy (non-hydrogen) atoms. The van der Waals surface area contributed by atoms with Gasteiger partial charge in [-0.2, -0.15) is 0 Å². The van der Waals surface area contributed by atoms with Crippen LogP contribution in [0.25, 0.3) is 0 Å². The molecule has 118 valence electrons. The van der Waals surface area contributed by atoms with E-state index in [0.717, 1.165) is 37.6 Å². The summed E-state index contributed by atoms with van der Waals surface area (Å²) in [7, 11) is 2.29. The van der Waals surface area contributed by atoms with E-state index in [4.69, 9.17) is 9.47 Å². The second-order valence-electron chi connectivity index (χ2n) is 5.98. The van der Waals surface area contributed by atoms with Crippen molar-refractivity contribution in [1.82, 2.24) is 0 Å². The SMILES string of the molecule is CCCOc1ccc(OCCC[NH+]2CC[NH+](C)CC2)cc1. The number of hydrogen-bond acceptors (Lipinski definition) is 2. The van der Waals surface area contributed by atoms with Gasteiger partial charge >= 0.3 is 0 Å². The van der Waals surface area contributed by atoms with Crippen molar-refractivity contribution in [3.63, 3.8) is 0 Å². The van der Waals surface area contributed by atoms with Gasteiger partial charge in [-0.25, -0.2) is 0 Å². The number of rotatable bonds is 8. The van der Waals surface area contributed by atoms with Gasteiger partial charge in [0.1, 0.15) is 37.7 Å². The fourth-order valence-electron chi connectivity index (χ4n) is 2.64. The molecule has 4 heteroatoms. The minimum atomic E-state index is 0.774. The van der Waals surface area contributed by atoms with Gasteiger partial charge in [-0.05, 0) is 30.7 Å². The molecule has 0 unspecified atom stereocenters. The van der Waals surface area contributed by atoms with Crippen LogP contribution in [0.4, 0.5) is 0 Å². The Hall–Kier alpha value is -1.26. The molecule has 2 N–H and O–H groups in total. The van der Waals surface area contributed by atoms with Crippen LogP contribution < -0.4 is 19.3 Å². The summed E-state index contributed by atoms with van der Waals surface area (Å²) in [4.78, 5) is 3.40. The summed E-state index contributed by atoms with van der Waals surface area (Å²) in [5.41, 5.74) is 0. The largest absolute Gasteiger partial charge is 0.494 e. The summed E-state index contributed by atoms with van der Waals surface area (Å²) in [5, 5.41) is 0. The van der Waals surface area contributed by atoms with Crippen molar-refractivity contribution in [3.05, 3.63) is 24.3 Å². The van der Waals surface area contributed by atoms with Gasteiger partial charge in [0, 0.05) is 6.42 Å². The van der Waals surface area contributed by atoms with Crippen LogP contribution in [0.2, 0.25) is 0 Å². The monoisotopic (exact) mass is 294 g/mol. The zero-order valence-corrected chi connectivity index (χ0v) is 13.5. The van der Waals surface area contributed by atoms with Crippen LogP contribution in [-0.2, 0) is 0 Å². The van der Waals surface area contributed by atoms with Crippen LogP contribution in [-0.4, -0.2) is 53.0 Å². The maximum atomic E-state index is 5.80. The third-order valence-electron chi connectivity index (χ3n) is 4.05. The number of quaternary nitrogens is 2. The van der Waals surface area contributed by atoms with Gasteiger partial charge in [-0.15, -0.1) is 0 Å². The zero-order chi connectivity index (χ0) is 14.9. The van der Waals surface area contributed by atoms with E-state index in [0.29, 0.717) is 0 Å². The molecule has 0 radical (unpaired) electrons. The molecule has 1 aliphatic heterocycles. The second-order valence-corrected chi connectivity index (χ2v) is 5.98. The number of benzene rings is 1. The molecule has 0 bridgehead atoms. The summed E-state index contributed by atoms with van der Waals surface area (Å²) in [6, 6.07) is 7.97. The molecule has 1 aromatic carbocycles. The van der Waals surface area contributed by atoms with Crippen LogP contribution in [0.15, 0.2) is 24.3 Å². The van der Waals surface area contributed by atoms with E-state index in [1.807, 2.05) is 24.3 Å². The van der Waals surface area contributed by atoms with Gasteiger partial charge in [0.25, 0.3) is 0 Å². The molecule has 0 spiro atoms. The fraction of sp³-hybridized carbons (Fsp3) is 0.647. The normalized spacial score (nSPS) is 22.0. The summed E-state index contributed by atoms with van der Waals surface area (Å²) in [6.07, 6.45) is 2.16. The van der Waals surface area contributed by atoms with E-state index in [-0.39, 0.29) is 0 Å². The minimum Gasteiger partial charge on any atom is -0.494 e. The summed E-state index contributed by atoms with van der Waals surface area (Å²) in [6.45, 7) is 10.1. The van der Waals surface area contributed by atoms with Crippen LogP contribution in [0.1, 0.15) is 19.8 Å². The first-order chi connectivity index (χ1) is 10.3. The Morgan fingerprint density at radius 2 is 1.48 bits per heavy atom. The first-order valence-electron chi connectivity index (χ1n) is 8.28. The topological polar surface area (TPSA) is 27.3 Å². The molecule has 1 fully saturated rings. The molecule has 0 aliphatic carbocycles. The lowest BCUT2D eigenvalue weighted by Gasteiger charge is -2.27. The van der Waals surface area contributed by atoms with Crippen molar-refractivity contribution < 1.29 is 19.3 Å². The molecule has 2 rings (SSSR count). The highest BCUT2D eigenvalue weighted by atomic mass is 16.5. The minimum absolute atomic E-state index is 0.774. The third kappa shape index (κ3) is 5.94. The highest BCUT2D eigenvalue weighted by Gasteiger charge is 2.18. The Balaban J connectivity index is 1.60. The van der Waals surface area contributed by atoms with Crippen LogP contribution in [0.3, 0.4) is 0 Å². The van der Waals surface area contributed by atoms with Crippen molar-refractivity contribution >= 4 is 0 Å². The van der Waals surface area contributed by atoms with E-state index in [1.54, 1.807) is 9.80 Å². The third-order valence-corrected chi connectivity index (χ3v) is 4.05. The molecular formula is C17H30N2O2+2. The highest BCUT2D eigenvalue weighted by Crippen LogP contribution is 2.17. The maximum absolute atomic E-state index is 5.80. The average Bonchev–Trinajstić information content (AvgIpc) is 2.52. The second kappa shape index (κ2) is 8.90. The predicted octanol–water partition coefficient (Wildman–Crippen LogP) is -0.342. The Morgan fingerprint density at radius 3 is 2.05 bits per heavy atom. The Morgan fingerprint density at radius 1 is 0.905 bits per heavy atom. The van der Waals surface area contributed by atoms with E-state index >= 15 is 0 Å². The Kier molecular flexibility index (Phi) is 6.83. The predicted molar refractivity (Wildman–Crippen MR) is 84.5 cm³/mol. The molecule has 1 aromatic rings. The molecule has 1 heterocycles. The van der Waals surface area contributed by atoms with Gasteiger partial charge in [0.2, 0.25) is 0 Å². The van der Waals surface area contributed by atoms with Gasteiger partial charge < -0.3 is 19.3 Å². The van der Waals surface area contributed by atoms with E-state index in [9.17, 15) is 0 Å². The van der Waals surface area contributed by atoms with E-state index in [2.05, 4.69) is 14.0 Å². The van der Waals surface area contributed by atoms with Crippen molar-refractivity contribution in [1.29, 1.82) is 0 Å². The summed E-state index contributed by atoms with van der Waals surface area (Å²) in [5.74, 6) is 1.87. The standard InChI is InChI=1S/C17H28N2O2/c1-3-14-20-16-5-7-17(8-6-16)21-15-4-9-19-12-10-18(2)11-13-19/h5-8H,3-4,9-15H2,1-2H3/p+2. The van der Waals surface area contributed by atoms with Crippen molar-refractivity contribution in [2.45, 2.75) is 19.8 Å². The quantitative estimate of drug-likeness (QED) is 0.642. The highest BCUT2D eigenvalue weighted by molar-refractivity contribution is 5.31. The zero-order valence-electron chi connectivity index (χ0n) is 13.5. The molecular weight excluding hydrogens is 264 g/mol. The van der Waals surface area contributed by atoms with E-state index in [1.165, 1.54) is 32.7 Å². The lowest BCUT2D eigenvalue weighted by atomic mass is 10.3. The van der Waals surface area contributed by atoms with Gasteiger partial charge in [-0.3, -0.25) is 0 Å². The average molecular weight is 294 g/mol.